The summed E-state index contributed by atoms with van der Waals surface area (Å²) in [4.78, 5) is 24.3. The number of carboxylic acids is 1. The van der Waals surface area contributed by atoms with Gasteiger partial charge in [-0.3, -0.25) is 4.79 Å². The van der Waals surface area contributed by atoms with Crippen molar-refractivity contribution in [1.82, 2.24) is 9.78 Å². The number of carbonyl (C=O) groups is 2. The Morgan fingerprint density at radius 3 is 2.52 bits per heavy atom. The second-order valence-corrected chi connectivity index (χ2v) is 8.28. The van der Waals surface area contributed by atoms with E-state index >= 15 is 0 Å². The monoisotopic (exact) mass is 422 g/mol. The van der Waals surface area contributed by atoms with Crippen LogP contribution < -0.4 is 15.8 Å². The van der Waals surface area contributed by atoms with Gasteiger partial charge in [-0.25, -0.2) is 9.48 Å². The lowest BCUT2D eigenvalue weighted by Crippen LogP contribution is -2.18. The van der Waals surface area contributed by atoms with Crippen molar-refractivity contribution in [3.05, 3.63) is 65.0 Å². The number of hydrogen-bond donors (Lipinski definition) is 3. The Kier molecular flexibility index (Phi) is 5.75. The van der Waals surface area contributed by atoms with Crippen LogP contribution in [0.2, 0.25) is 0 Å². The van der Waals surface area contributed by atoms with Crippen molar-refractivity contribution in [2.45, 2.75) is 33.1 Å². The fourth-order valence-electron chi connectivity index (χ4n) is 3.28. The van der Waals surface area contributed by atoms with Gasteiger partial charge in [-0.1, -0.05) is 26.8 Å². The molecule has 31 heavy (non-hydrogen) atoms. The molecule has 0 spiro atoms. The number of nitrogens with zero attached hydrogens (tertiary/aromatic N) is 2. The highest BCUT2D eigenvalue weighted by molar-refractivity contribution is 6.07. The maximum atomic E-state index is 13.1. The summed E-state index contributed by atoms with van der Waals surface area (Å²) in [6.07, 6.45) is 2.67. The number of benzene rings is 2. The Labute approximate surface area is 180 Å². The predicted molar refractivity (Wildman–Crippen MR) is 119 cm³/mol. The van der Waals surface area contributed by atoms with E-state index in [2.05, 4.69) is 31.2 Å². The van der Waals surface area contributed by atoms with Gasteiger partial charge in [-0.15, -0.1) is 0 Å². The number of amides is 1. The van der Waals surface area contributed by atoms with Crippen LogP contribution in [0.1, 0.15) is 52.6 Å². The highest BCUT2D eigenvalue weighted by Crippen LogP contribution is 2.37. The van der Waals surface area contributed by atoms with E-state index in [1.807, 2.05) is 12.1 Å². The number of aromatic nitrogens is 2. The number of carbonyl (C=O) groups excluding carboxylic acids is 1. The molecule has 0 aliphatic heterocycles. The molecule has 2 aromatic carbocycles. The zero-order valence-corrected chi connectivity index (χ0v) is 18.2. The average molecular weight is 422 g/mol. The van der Waals surface area contributed by atoms with Crippen LogP contribution in [0, 0.1) is 6.92 Å². The minimum absolute atomic E-state index is 0.0634. The van der Waals surface area contributed by atoms with E-state index in [4.69, 9.17) is 15.6 Å². The van der Waals surface area contributed by atoms with Gasteiger partial charge in [0, 0.05) is 11.8 Å². The van der Waals surface area contributed by atoms with Crippen LogP contribution in [0.3, 0.4) is 0 Å². The molecule has 8 heteroatoms. The Bertz CT molecular complexity index is 1160. The molecule has 0 radical (unpaired) electrons. The van der Waals surface area contributed by atoms with E-state index in [0.29, 0.717) is 33.9 Å². The number of ether oxygens (including phenoxy) is 1. The molecule has 0 aliphatic rings. The van der Waals surface area contributed by atoms with Crippen LogP contribution in [0.15, 0.2) is 42.7 Å². The maximum absolute atomic E-state index is 13.1. The van der Waals surface area contributed by atoms with Gasteiger partial charge < -0.3 is 20.9 Å². The minimum Gasteiger partial charge on any atom is -0.492 e. The molecule has 0 bridgehead atoms. The van der Waals surface area contributed by atoms with Crippen molar-refractivity contribution in [2.75, 3.05) is 18.2 Å². The van der Waals surface area contributed by atoms with Crippen molar-refractivity contribution < 1.29 is 19.4 Å². The fraction of sp³-hybridized carbons (Fsp3) is 0.261. The molecule has 1 amide bonds. The van der Waals surface area contributed by atoms with E-state index in [0.717, 1.165) is 5.56 Å². The van der Waals surface area contributed by atoms with E-state index in [9.17, 15) is 9.59 Å². The zero-order chi connectivity index (χ0) is 22.9. The topological polar surface area (TPSA) is 119 Å². The Balaban J connectivity index is 1.99. The Hall–Kier alpha value is -3.81. The second kappa shape index (κ2) is 8.14. The molecule has 1 aromatic heterocycles. The molecular weight excluding hydrogens is 396 g/mol. The lowest BCUT2D eigenvalue weighted by molar-refractivity contribution is 0.0696. The van der Waals surface area contributed by atoms with Crippen LogP contribution in [0.4, 0.5) is 11.4 Å². The van der Waals surface area contributed by atoms with Crippen LogP contribution in [-0.4, -0.2) is 33.9 Å². The molecule has 4 N–H and O–H groups in total. The number of hydrogen-bond acceptors (Lipinski definition) is 5. The number of methoxy groups -OCH3 is 1. The highest BCUT2D eigenvalue weighted by Gasteiger charge is 2.21. The van der Waals surface area contributed by atoms with Crippen molar-refractivity contribution in [2.24, 2.45) is 0 Å². The molecule has 3 aromatic rings. The van der Waals surface area contributed by atoms with Gasteiger partial charge >= 0.3 is 5.97 Å². The number of nitrogens with two attached hydrogens (primary N) is 1. The van der Waals surface area contributed by atoms with E-state index in [1.165, 1.54) is 24.2 Å². The normalized spacial score (nSPS) is 11.3. The van der Waals surface area contributed by atoms with Gasteiger partial charge in [-0.05, 0) is 47.7 Å². The largest absolute Gasteiger partial charge is 0.492 e. The maximum Gasteiger partial charge on any atom is 0.338 e. The lowest BCUT2D eigenvalue weighted by Gasteiger charge is -2.23. The number of rotatable bonds is 5. The van der Waals surface area contributed by atoms with Crippen LogP contribution in [0.5, 0.6) is 5.75 Å². The summed E-state index contributed by atoms with van der Waals surface area (Å²) in [5.41, 5.74) is 9.62. The van der Waals surface area contributed by atoms with E-state index in [1.54, 1.807) is 25.1 Å². The van der Waals surface area contributed by atoms with Gasteiger partial charge in [-0.2, -0.15) is 5.10 Å². The molecule has 162 valence electrons. The van der Waals surface area contributed by atoms with Crippen LogP contribution in [-0.2, 0) is 5.41 Å². The van der Waals surface area contributed by atoms with Gasteiger partial charge in [0.1, 0.15) is 0 Å². The smallest absolute Gasteiger partial charge is 0.338 e. The summed E-state index contributed by atoms with van der Waals surface area (Å²) >= 11 is 0. The molecule has 0 saturated carbocycles. The lowest BCUT2D eigenvalue weighted by atomic mass is 9.86. The summed E-state index contributed by atoms with van der Waals surface area (Å²) in [6, 6.07) is 8.89. The number of aromatic carboxylic acids is 1. The number of nitrogen functional groups attached to an aromatic ring is 1. The van der Waals surface area contributed by atoms with E-state index in [-0.39, 0.29) is 16.9 Å². The molecule has 3 rings (SSSR count). The van der Waals surface area contributed by atoms with Crippen LogP contribution >= 0.6 is 0 Å². The summed E-state index contributed by atoms with van der Waals surface area (Å²) in [5.74, 6) is -1.01. The molecular formula is C23H26N4O4. The zero-order valence-electron chi connectivity index (χ0n) is 18.2. The average Bonchev–Trinajstić information content (AvgIpc) is 3.17. The Morgan fingerprint density at radius 1 is 1.23 bits per heavy atom. The summed E-state index contributed by atoms with van der Waals surface area (Å²) in [7, 11) is 1.50. The van der Waals surface area contributed by atoms with Crippen molar-refractivity contribution in [3.63, 3.8) is 0 Å². The Morgan fingerprint density at radius 2 is 1.94 bits per heavy atom. The number of nitrogens with one attached hydrogen (secondary N) is 1. The summed E-state index contributed by atoms with van der Waals surface area (Å²) in [6.45, 7) is 7.96. The molecule has 8 nitrogen and oxygen atoms in total. The second-order valence-electron chi connectivity index (χ2n) is 8.28. The first-order valence-corrected chi connectivity index (χ1v) is 9.70. The molecule has 0 saturated heterocycles. The number of anilines is 2. The third-order valence-electron chi connectivity index (χ3n) is 5.06. The van der Waals surface area contributed by atoms with Crippen LogP contribution in [0.25, 0.3) is 5.69 Å². The molecule has 0 fully saturated rings. The van der Waals surface area contributed by atoms with Gasteiger partial charge in [0.05, 0.1) is 35.9 Å². The van der Waals surface area contributed by atoms with E-state index < -0.39 is 5.97 Å². The highest BCUT2D eigenvalue weighted by atomic mass is 16.5. The molecule has 0 atom stereocenters. The van der Waals surface area contributed by atoms with Crippen molar-refractivity contribution >= 4 is 23.3 Å². The third-order valence-corrected chi connectivity index (χ3v) is 5.06. The van der Waals surface area contributed by atoms with Crippen molar-refractivity contribution in [1.29, 1.82) is 0 Å². The molecule has 0 aliphatic carbocycles. The van der Waals surface area contributed by atoms with Crippen molar-refractivity contribution in [3.8, 4) is 11.4 Å². The first-order chi connectivity index (χ1) is 14.5. The van der Waals surface area contributed by atoms with Gasteiger partial charge in [0.15, 0.2) is 5.75 Å². The number of carboxylic acid groups (broad SMARTS) is 1. The summed E-state index contributed by atoms with van der Waals surface area (Å²) in [5, 5.41) is 16.1. The fourth-order valence-corrected chi connectivity index (χ4v) is 3.28. The first kappa shape index (κ1) is 21.9. The third kappa shape index (κ3) is 4.37. The molecule has 1 heterocycles. The first-order valence-electron chi connectivity index (χ1n) is 9.70. The van der Waals surface area contributed by atoms with Gasteiger partial charge in [0.25, 0.3) is 5.91 Å². The molecule has 0 unspecified atom stereocenters. The minimum atomic E-state index is -1.07. The predicted octanol–water partition coefficient (Wildman–Crippen LogP) is 4.02. The standard InChI is InChI=1S/C23H26N4O4/c1-13-16(7-6-8-19(13)27-12-14(11-25-27)22(29)30)21(28)26-18-10-15(23(2,3)4)9-17(24)20(18)31-5/h6-12H,24H2,1-5H3,(H,26,28)(H,29,30). The summed E-state index contributed by atoms with van der Waals surface area (Å²) < 4.78 is 6.86. The van der Waals surface area contributed by atoms with Gasteiger partial charge in [0.2, 0.25) is 0 Å². The SMILES string of the molecule is COc1c(N)cc(C(C)(C)C)cc1NC(=O)c1cccc(-n2cc(C(=O)O)cn2)c1C. The quantitative estimate of drug-likeness (QED) is 0.534.